The average Bonchev–Trinajstić information content (AvgIpc) is 3.00. The van der Waals surface area contributed by atoms with Gasteiger partial charge in [0.15, 0.2) is 0 Å². The van der Waals surface area contributed by atoms with Crippen LogP contribution in [0.2, 0.25) is 0 Å². The lowest BCUT2D eigenvalue weighted by Gasteiger charge is -2.30. The number of rotatable bonds is 5. The topological polar surface area (TPSA) is 81.2 Å². The first-order chi connectivity index (χ1) is 11.6. The number of likely N-dealkylation sites (N-methyl/N-ethyl adjacent to an activating group) is 1. The summed E-state index contributed by atoms with van der Waals surface area (Å²) in [7, 11) is 4.86. The van der Waals surface area contributed by atoms with E-state index in [4.69, 9.17) is 0 Å². The first-order valence-corrected chi connectivity index (χ1v) is 8.52. The highest BCUT2D eigenvalue weighted by Gasteiger charge is 2.37. The van der Waals surface area contributed by atoms with Crippen molar-refractivity contribution in [2.75, 3.05) is 34.2 Å². The summed E-state index contributed by atoms with van der Waals surface area (Å²) in [4.78, 5) is 40.4. The molecule has 1 heterocycles. The summed E-state index contributed by atoms with van der Waals surface area (Å²) in [5.41, 5.74) is 0. The summed E-state index contributed by atoms with van der Waals surface area (Å²) in [6.07, 6.45) is 0.668. The minimum Gasteiger partial charge on any atom is -0.480 e. The smallest absolute Gasteiger partial charge is 0.326 e. The number of hydrogen-bond donors (Lipinski definition) is 1. The lowest BCUT2D eigenvalue weighted by Crippen LogP contribution is -2.48. The van der Waals surface area contributed by atoms with E-state index in [2.05, 4.69) is 16.7 Å². The van der Waals surface area contributed by atoms with Gasteiger partial charge in [0.2, 0.25) is 5.91 Å². The largest absolute Gasteiger partial charge is 0.480 e. The fraction of sp³-hybridized carbons (Fsp3) is 0.722. The number of likely N-dealkylation sites (tertiary alicyclic amines) is 1. The van der Waals surface area contributed by atoms with Crippen molar-refractivity contribution in [2.45, 2.75) is 39.3 Å². The number of carbonyl (C=O) groups excluding carboxylic acids is 2. The van der Waals surface area contributed by atoms with E-state index in [0.717, 1.165) is 0 Å². The molecular formula is C18H29N3O4. The highest BCUT2D eigenvalue weighted by Crippen LogP contribution is 2.22. The van der Waals surface area contributed by atoms with Crippen LogP contribution in [0.5, 0.6) is 0 Å². The second kappa shape index (κ2) is 8.86. The monoisotopic (exact) mass is 351 g/mol. The Bertz CT molecular complexity index is 577. The lowest BCUT2D eigenvalue weighted by molar-refractivity contribution is -0.152. The summed E-state index contributed by atoms with van der Waals surface area (Å²) in [6, 6.07) is -0.955. The Kier molecular flexibility index (Phi) is 7.43. The number of carboxylic acid groups (broad SMARTS) is 1. The fourth-order valence-corrected chi connectivity index (χ4v) is 3.03. The molecule has 0 spiro atoms. The van der Waals surface area contributed by atoms with Gasteiger partial charge in [-0.05, 0) is 25.2 Å². The standard InChI is InChI=1S/C18H29N3O4/c1-12(2)16(18(24)25)20(6)17(23)14-9-10-21(11-14)13(3)7-8-15(22)19(4)5/h12-14,16H,9-11H2,1-6H3,(H,24,25)/t13?,14-,16-/m0/s1. The zero-order chi connectivity index (χ0) is 19.3. The molecule has 0 aromatic rings. The molecule has 1 saturated heterocycles. The fourth-order valence-electron chi connectivity index (χ4n) is 3.03. The van der Waals surface area contributed by atoms with Gasteiger partial charge in [0.05, 0.1) is 12.0 Å². The average molecular weight is 351 g/mol. The van der Waals surface area contributed by atoms with Gasteiger partial charge in [-0.25, -0.2) is 4.79 Å². The normalized spacial score (nSPS) is 19.7. The van der Waals surface area contributed by atoms with Crippen molar-refractivity contribution in [2.24, 2.45) is 11.8 Å². The highest BCUT2D eigenvalue weighted by atomic mass is 16.4. The van der Waals surface area contributed by atoms with Crippen LogP contribution in [0.1, 0.15) is 27.2 Å². The van der Waals surface area contributed by atoms with E-state index in [1.54, 1.807) is 35.0 Å². The Morgan fingerprint density at radius 2 is 1.76 bits per heavy atom. The first kappa shape index (κ1) is 21.0. The molecule has 0 aromatic heterocycles. The molecule has 1 rings (SSSR count). The van der Waals surface area contributed by atoms with Crippen LogP contribution < -0.4 is 0 Å². The van der Waals surface area contributed by atoms with E-state index >= 15 is 0 Å². The number of hydrogen-bond acceptors (Lipinski definition) is 4. The summed E-state index contributed by atoms with van der Waals surface area (Å²) in [5, 5.41) is 9.35. The summed E-state index contributed by atoms with van der Waals surface area (Å²) in [5.74, 6) is 3.74. The predicted molar refractivity (Wildman–Crippen MR) is 94.6 cm³/mol. The van der Waals surface area contributed by atoms with Crippen molar-refractivity contribution < 1.29 is 19.5 Å². The van der Waals surface area contributed by atoms with Crippen LogP contribution in [0.25, 0.3) is 0 Å². The molecule has 0 bridgehead atoms. The molecule has 2 amide bonds. The minimum absolute atomic E-state index is 0.132. The molecule has 0 aromatic carbocycles. The van der Waals surface area contributed by atoms with Crippen LogP contribution in [0, 0.1) is 23.7 Å². The van der Waals surface area contributed by atoms with Gasteiger partial charge in [0.25, 0.3) is 5.91 Å². The third-order valence-electron chi connectivity index (χ3n) is 4.56. The van der Waals surface area contributed by atoms with E-state index in [1.165, 1.54) is 9.80 Å². The van der Waals surface area contributed by atoms with Crippen molar-refractivity contribution in [3.63, 3.8) is 0 Å². The van der Waals surface area contributed by atoms with E-state index in [9.17, 15) is 19.5 Å². The maximum absolute atomic E-state index is 12.7. The van der Waals surface area contributed by atoms with Crippen molar-refractivity contribution in [3.05, 3.63) is 0 Å². The van der Waals surface area contributed by atoms with E-state index < -0.39 is 12.0 Å². The molecule has 7 heteroatoms. The molecule has 1 aliphatic heterocycles. The quantitative estimate of drug-likeness (QED) is 0.723. The molecule has 1 aliphatic rings. The van der Waals surface area contributed by atoms with Gasteiger partial charge in [-0.15, -0.1) is 0 Å². The molecule has 0 saturated carbocycles. The molecule has 0 radical (unpaired) electrons. The second-order valence-corrected chi connectivity index (χ2v) is 7.10. The molecule has 7 nitrogen and oxygen atoms in total. The Labute approximate surface area is 149 Å². The number of carbonyl (C=O) groups is 3. The Hall–Kier alpha value is -2.07. The third-order valence-corrected chi connectivity index (χ3v) is 4.56. The molecule has 3 atom stereocenters. The second-order valence-electron chi connectivity index (χ2n) is 7.10. The van der Waals surface area contributed by atoms with Gasteiger partial charge < -0.3 is 14.9 Å². The maximum atomic E-state index is 12.7. The Balaban J connectivity index is 2.71. The van der Waals surface area contributed by atoms with Gasteiger partial charge >= 0.3 is 5.97 Å². The number of nitrogens with zero attached hydrogens (tertiary/aromatic N) is 3. The predicted octanol–water partition coefficient (Wildman–Crippen LogP) is 0.356. The van der Waals surface area contributed by atoms with E-state index in [0.29, 0.717) is 19.5 Å². The molecule has 1 unspecified atom stereocenters. The van der Waals surface area contributed by atoms with Crippen molar-refractivity contribution >= 4 is 17.8 Å². The van der Waals surface area contributed by atoms with Crippen LogP contribution in [0.4, 0.5) is 0 Å². The minimum atomic E-state index is -0.984. The molecular weight excluding hydrogens is 322 g/mol. The maximum Gasteiger partial charge on any atom is 0.326 e. The van der Waals surface area contributed by atoms with Gasteiger partial charge in [0.1, 0.15) is 6.04 Å². The van der Waals surface area contributed by atoms with E-state index in [1.807, 2.05) is 6.92 Å². The summed E-state index contributed by atoms with van der Waals surface area (Å²) in [6.45, 7) is 6.72. The number of carboxylic acids is 1. The van der Waals surface area contributed by atoms with Crippen molar-refractivity contribution in [3.8, 4) is 11.8 Å². The highest BCUT2D eigenvalue weighted by molar-refractivity contribution is 5.93. The Morgan fingerprint density at radius 3 is 2.24 bits per heavy atom. The molecule has 0 aliphatic carbocycles. The van der Waals surface area contributed by atoms with Crippen LogP contribution >= 0.6 is 0 Å². The van der Waals surface area contributed by atoms with E-state index in [-0.39, 0.29) is 29.7 Å². The van der Waals surface area contributed by atoms with Crippen LogP contribution in [-0.4, -0.2) is 83.9 Å². The van der Waals surface area contributed by atoms with Gasteiger partial charge in [-0.3, -0.25) is 14.5 Å². The summed E-state index contributed by atoms with van der Waals surface area (Å²) < 4.78 is 0. The van der Waals surface area contributed by atoms with Gasteiger partial charge in [0, 0.05) is 34.2 Å². The molecule has 25 heavy (non-hydrogen) atoms. The van der Waals surface area contributed by atoms with Gasteiger partial charge in [-0.2, -0.15) is 0 Å². The number of amides is 2. The number of aliphatic carboxylic acids is 1. The molecule has 1 fully saturated rings. The van der Waals surface area contributed by atoms with Crippen LogP contribution in [-0.2, 0) is 14.4 Å². The van der Waals surface area contributed by atoms with Crippen LogP contribution in [0.3, 0.4) is 0 Å². The zero-order valence-electron chi connectivity index (χ0n) is 15.9. The Morgan fingerprint density at radius 1 is 1.16 bits per heavy atom. The molecule has 140 valence electrons. The zero-order valence-corrected chi connectivity index (χ0v) is 15.9. The summed E-state index contributed by atoms with van der Waals surface area (Å²) >= 11 is 0. The molecule has 1 N–H and O–H groups in total. The first-order valence-electron chi connectivity index (χ1n) is 8.52. The SMILES string of the molecule is CC(C)[C@@H](C(=O)O)N(C)C(=O)[C@H]1CCN(C(C)C#CC(=O)N(C)C)C1. The lowest BCUT2D eigenvalue weighted by atomic mass is 10.00. The van der Waals surface area contributed by atoms with Gasteiger partial charge in [-0.1, -0.05) is 19.8 Å². The van der Waals surface area contributed by atoms with Crippen molar-refractivity contribution in [1.82, 2.24) is 14.7 Å². The third kappa shape index (κ3) is 5.46. The van der Waals surface area contributed by atoms with Crippen molar-refractivity contribution in [1.29, 1.82) is 0 Å². The van der Waals surface area contributed by atoms with Crippen LogP contribution in [0.15, 0.2) is 0 Å².